The van der Waals surface area contributed by atoms with Gasteiger partial charge in [-0.3, -0.25) is 19.4 Å². The van der Waals surface area contributed by atoms with E-state index in [-0.39, 0.29) is 17.1 Å². The maximum Gasteiger partial charge on any atom is 0.270 e. The Morgan fingerprint density at radius 3 is 1.44 bits per heavy atom. The van der Waals surface area contributed by atoms with E-state index in [1.54, 1.807) is 44.6 Å². The topological polar surface area (TPSA) is 87.4 Å². The van der Waals surface area contributed by atoms with E-state index in [4.69, 9.17) is 18.9 Å². The van der Waals surface area contributed by atoms with Crippen molar-refractivity contribution in [3.05, 3.63) is 128 Å². The van der Waals surface area contributed by atoms with Crippen LogP contribution in [0.15, 0.2) is 84.9 Å². The predicted octanol–water partition coefficient (Wildman–Crippen LogP) is 8.76. The number of alkyl halides is 2. The first-order valence-corrected chi connectivity index (χ1v) is 21.7. The number of nitrogens with zero attached hydrogens (tertiary/aromatic N) is 4. The van der Waals surface area contributed by atoms with Crippen molar-refractivity contribution in [1.82, 2.24) is 18.9 Å². The van der Waals surface area contributed by atoms with Crippen LogP contribution < -0.4 is 9.47 Å². The van der Waals surface area contributed by atoms with E-state index in [9.17, 15) is 18.4 Å². The van der Waals surface area contributed by atoms with E-state index in [0.29, 0.717) is 53.1 Å². The zero-order valence-electron chi connectivity index (χ0n) is 35.4. The van der Waals surface area contributed by atoms with Gasteiger partial charge in [-0.15, -0.1) is 0 Å². The summed E-state index contributed by atoms with van der Waals surface area (Å²) in [5.74, 6) is -1.61. The molecule has 4 heterocycles. The lowest BCUT2D eigenvalue weighted by Gasteiger charge is -2.27. The van der Waals surface area contributed by atoms with Gasteiger partial charge in [-0.25, -0.2) is 8.78 Å². The zero-order valence-corrected chi connectivity index (χ0v) is 37.6. The maximum absolute atomic E-state index is 14.1. The summed E-state index contributed by atoms with van der Waals surface area (Å²) in [4.78, 5) is 31.6. The number of hydrogen-bond donors (Lipinski definition) is 0. The van der Waals surface area contributed by atoms with Crippen LogP contribution in [0.3, 0.4) is 0 Å². The summed E-state index contributed by atoms with van der Waals surface area (Å²) in [7, 11) is 3.20. The first-order chi connectivity index (χ1) is 29.4. The molecule has 2 aliphatic heterocycles. The Morgan fingerprint density at radius 2 is 1.03 bits per heavy atom. The van der Waals surface area contributed by atoms with Crippen molar-refractivity contribution in [3.63, 3.8) is 0 Å². The van der Waals surface area contributed by atoms with Crippen LogP contribution in [0.25, 0.3) is 21.8 Å². The third-order valence-corrected chi connectivity index (χ3v) is 12.4. The second-order valence-corrected chi connectivity index (χ2v) is 16.8. The summed E-state index contributed by atoms with van der Waals surface area (Å²) < 4.78 is 54.9. The fourth-order valence-electron chi connectivity index (χ4n) is 8.26. The molecular weight excluding hydrogens is 893 g/mol. The largest absolute Gasteiger partial charge is 0.497 e. The Kier molecular flexibility index (Phi) is 14.2. The predicted molar refractivity (Wildman–Crippen MR) is 243 cm³/mol. The van der Waals surface area contributed by atoms with Gasteiger partial charge in [0.15, 0.2) is 11.6 Å². The molecule has 6 aromatic rings. The van der Waals surface area contributed by atoms with Crippen molar-refractivity contribution in [2.75, 3.05) is 79.9 Å². The minimum Gasteiger partial charge on any atom is -0.497 e. The van der Waals surface area contributed by atoms with E-state index in [1.807, 2.05) is 35.8 Å². The van der Waals surface area contributed by atoms with Crippen molar-refractivity contribution >= 4 is 56.0 Å². The van der Waals surface area contributed by atoms with Gasteiger partial charge in [-0.05, 0) is 103 Å². The molecule has 10 nitrogen and oxygen atoms in total. The SMILES string of the molecule is COc1ccc(C(=O)c2c(C)n(CCN3CCOCC3)c3cc(C(C)(F)F)ccc23)cc1.COc1ccc(C(=O)c2c(C)n(CCN3CCOCC3)c3cc(I)ccc23)cc1. The van der Waals surface area contributed by atoms with E-state index >= 15 is 0 Å². The van der Waals surface area contributed by atoms with E-state index in [0.717, 1.165) is 99.6 Å². The molecule has 0 spiro atoms. The minimum absolute atomic E-state index is 0.0569. The van der Waals surface area contributed by atoms with Crippen LogP contribution in [0.2, 0.25) is 0 Å². The van der Waals surface area contributed by atoms with Gasteiger partial charge in [0.25, 0.3) is 5.92 Å². The molecule has 322 valence electrons. The number of rotatable bonds is 13. The van der Waals surface area contributed by atoms with Crippen LogP contribution in [-0.2, 0) is 28.5 Å². The number of hydrogen-bond acceptors (Lipinski definition) is 8. The van der Waals surface area contributed by atoms with Gasteiger partial charge in [0.05, 0.1) is 57.3 Å². The molecule has 13 heteroatoms. The monoisotopic (exact) mass is 946 g/mol. The number of aromatic nitrogens is 2. The second-order valence-electron chi connectivity index (χ2n) is 15.5. The van der Waals surface area contributed by atoms with Crippen LogP contribution in [0.4, 0.5) is 8.78 Å². The van der Waals surface area contributed by atoms with Crippen molar-refractivity contribution in [2.45, 2.75) is 39.8 Å². The Labute approximate surface area is 369 Å². The van der Waals surface area contributed by atoms with Gasteiger partial charge >= 0.3 is 0 Å². The third-order valence-electron chi connectivity index (χ3n) is 11.8. The van der Waals surface area contributed by atoms with Crippen LogP contribution >= 0.6 is 22.6 Å². The summed E-state index contributed by atoms with van der Waals surface area (Å²) in [5.41, 5.74) is 6.10. The standard InChI is InChI=1S/C25H28F2N2O3.C23H25IN2O3/c1-17-23(24(30)18-4-7-20(31-3)8-5-18)21-9-6-19(25(2,26)27)16-22(21)29(17)11-10-28-12-14-32-15-13-28;1-16-22(23(27)17-3-6-19(28-2)7-4-17)20-8-5-18(24)15-21(20)26(16)10-9-25-11-13-29-14-12-25/h4-9,16H,10-15H2,1-3H3;3-8,15H,9-14H2,1-2H3. The molecule has 8 rings (SSSR count). The van der Waals surface area contributed by atoms with Crippen LogP contribution in [0.5, 0.6) is 11.5 Å². The van der Waals surface area contributed by atoms with E-state index in [1.165, 1.54) is 15.7 Å². The highest BCUT2D eigenvalue weighted by Gasteiger charge is 2.28. The molecule has 0 N–H and O–H groups in total. The number of carbonyl (C=O) groups is 2. The number of ether oxygens (including phenoxy) is 4. The molecule has 0 aliphatic carbocycles. The van der Waals surface area contributed by atoms with Crippen LogP contribution in [0.1, 0.15) is 55.7 Å². The van der Waals surface area contributed by atoms with E-state index in [2.05, 4.69) is 62.1 Å². The van der Waals surface area contributed by atoms with Crippen molar-refractivity contribution < 1.29 is 37.3 Å². The molecule has 2 saturated heterocycles. The number of carbonyl (C=O) groups excluding carboxylic acids is 2. The molecule has 2 aliphatic rings. The molecule has 4 aromatic carbocycles. The number of benzene rings is 4. The Bertz CT molecular complexity index is 2480. The molecule has 2 aromatic heterocycles. The highest BCUT2D eigenvalue weighted by Crippen LogP contribution is 2.35. The maximum atomic E-state index is 14.1. The Morgan fingerprint density at radius 1 is 0.623 bits per heavy atom. The average molecular weight is 947 g/mol. The molecular formula is C48H53F2IN4O6. The normalized spacial score (nSPS) is 15.1. The molecule has 0 radical (unpaired) electrons. The summed E-state index contributed by atoms with van der Waals surface area (Å²) in [6, 6.07) is 25.2. The fourth-order valence-corrected chi connectivity index (χ4v) is 8.73. The lowest BCUT2D eigenvalue weighted by Crippen LogP contribution is -2.38. The van der Waals surface area contributed by atoms with Gasteiger partial charge in [-0.1, -0.05) is 18.2 Å². The summed E-state index contributed by atoms with van der Waals surface area (Å²) >= 11 is 2.33. The average Bonchev–Trinajstić information content (AvgIpc) is 3.72. The molecule has 0 amide bonds. The van der Waals surface area contributed by atoms with Crippen LogP contribution in [0, 0.1) is 17.4 Å². The molecule has 0 bridgehead atoms. The lowest BCUT2D eigenvalue weighted by atomic mass is 9.99. The fraction of sp³-hybridized carbons (Fsp3) is 0.375. The quantitative estimate of drug-likeness (QED) is 0.0840. The first-order valence-electron chi connectivity index (χ1n) is 20.6. The van der Waals surface area contributed by atoms with Crippen molar-refractivity contribution in [2.24, 2.45) is 0 Å². The summed E-state index contributed by atoms with van der Waals surface area (Å²) in [6.07, 6.45) is 0. The number of halogens is 3. The zero-order chi connectivity index (χ0) is 43.3. The molecule has 2 fully saturated rings. The summed E-state index contributed by atoms with van der Waals surface area (Å²) in [5, 5.41) is 1.71. The third kappa shape index (κ3) is 10.0. The highest BCUT2D eigenvalue weighted by molar-refractivity contribution is 14.1. The minimum atomic E-state index is -2.96. The van der Waals surface area contributed by atoms with Gasteiger partial charge in [0, 0.05) is 107 Å². The van der Waals surface area contributed by atoms with Crippen molar-refractivity contribution in [3.8, 4) is 11.5 Å². The van der Waals surface area contributed by atoms with E-state index < -0.39 is 5.92 Å². The number of morpholine rings is 2. The highest BCUT2D eigenvalue weighted by atomic mass is 127. The number of methoxy groups -OCH3 is 2. The van der Waals surface area contributed by atoms with Crippen molar-refractivity contribution in [1.29, 1.82) is 0 Å². The number of fused-ring (bicyclic) bond motifs is 2. The number of ketones is 2. The molecule has 61 heavy (non-hydrogen) atoms. The Hall–Kier alpha value is -4.67. The molecule has 0 saturated carbocycles. The van der Waals surface area contributed by atoms with Gasteiger partial charge in [0.2, 0.25) is 0 Å². The lowest BCUT2D eigenvalue weighted by molar-refractivity contribution is 0.0175. The first kappa shape index (κ1) is 44.4. The second kappa shape index (κ2) is 19.6. The van der Waals surface area contributed by atoms with Crippen LogP contribution in [-0.4, -0.2) is 110 Å². The smallest absolute Gasteiger partial charge is 0.270 e. The summed E-state index contributed by atoms with van der Waals surface area (Å²) in [6.45, 7) is 14.6. The van der Waals surface area contributed by atoms with Gasteiger partial charge in [-0.2, -0.15) is 0 Å². The molecule has 0 unspecified atom stereocenters. The van der Waals surface area contributed by atoms with Gasteiger partial charge in [0.1, 0.15) is 11.5 Å². The Balaban J connectivity index is 0.000000185. The van der Waals surface area contributed by atoms with Gasteiger partial charge < -0.3 is 28.1 Å². The molecule has 0 atom stereocenters.